The Morgan fingerprint density at radius 3 is 2.57 bits per heavy atom. The molecule has 4 aromatic rings. The summed E-state index contributed by atoms with van der Waals surface area (Å²) in [6, 6.07) is 19.1. The zero-order valence-corrected chi connectivity index (χ0v) is 11.8. The van der Waals surface area contributed by atoms with E-state index in [0.717, 1.165) is 22.0 Å². The van der Waals surface area contributed by atoms with E-state index in [4.69, 9.17) is 12.2 Å². The number of imidazole rings is 1. The van der Waals surface area contributed by atoms with Crippen molar-refractivity contribution in [2.24, 2.45) is 0 Å². The van der Waals surface area contributed by atoms with E-state index in [-0.39, 0.29) is 5.82 Å². The topological polar surface area (TPSA) is 20.7 Å². The molecule has 102 valence electrons. The van der Waals surface area contributed by atoms with Crippen molar-refractivity contribution in [3.05, 3.63) is 71.3 Å². The van der Waals surface area contributed by atoms with Crippen LogP contribution >= 0.6 is 12.2 Å². The highest BCUT2D eigenvalue weighted by atomic mass is 32.1. The molecule has 1 aromatic heterocycles. The second-order valence-corrected chi connectivity index (χ2v) is 5.28. The standard InChI is InChI=1S/C17H11FN2S/c18-13-8-4-10-15-16(13)19-17(21)20(15)14-9-3-6-11-5-1-2-7-12(11)14/h1-10H,(H,19,21). The van der Waals surface area contributed by atoms with Gasteiger partial charge in [0.05, 0.1) is 11.2 Å². The van der Waals surface area contributed by atoms with Gasteiger partial charge in [0.15, 0.2) is 4.77 Å². The van der Waals surface area contributed by atoms with Crippen molar-refractivity contribution < 1.29 is 4.39 Å². The number of H-pyrrole nitrogens is 1. The Labute approximate surface area is 125 Å². The van der Waals surface area contributed by atoms with E-state index in [1.165, 1.54) is 6.07 Å². The maximum atomic E-state index is 13.9. The summed E-state index contributed by atoms with van der Waals surface area (Å²) in [5, 5.41) is 2.21. The first-order valence-electron chi connectivity index (χ1n) is 6.63. The monoisotopic (exact) mass is 294 g/mol. The SMILES string of the molecule is Fc1cccc2c1[nH]c(=S)n2-c1cccc2ccccc12. The number of fused-ring (bicyclic) bond motifs is 2. The zero-order valence-electron chi connectivity index (χ0n) is 11.0. The predicted octanol–water partition coefficient (Wildman–Crippen LogP) is 4.98. The first kappa shape index (κ1) is 12.3. The van der Waals surface area contributed by atoms with Gasteiger partial charge in [-0.3, -0.25) is 4.57 Å². The molecule has 2 nitrogen and oxygen atoms in total. The molecule has 0 aliphatic heterocycles. The zero-order chi connectivity index (χ0) is 14.4. The first-order chi connectivity index (χ1) is 10.3. The van der Waals surface area contributed by atoms with Crippen LogP contribution in [-0.2, 0) is 0 Å². The molecule has 0 aliphatic carbocycles. The molecule has 0 aliphatic rings. The molecule has 4 heteroatoms. The van der Waals surface area contributed by atoms with Crippen molar-refractivity contribution in [1.82, 2.24) is 9.55 Å². The smallest absolute Gasteiger partial charge is 0.182 e. The van der Waals surface area contributed by atoms with E-state index in [0.29, 0.717) is 10.3 Å². The minimum atomic E-state index is -0.294. The van der Waals surface area contributed by atoms with Crippen molar-refractivity contribution >= 4 is 34.0 Å². The van der Waals surface area contributed by atoms with Gasteiger partial charge in [-0.15, -0.1) is 0 Å². The molecule has 1 N–H and O–H groups in total. The second kappa shape index (κ2) is 4.53. The minimum Gasteiger partial charge on any atom is -0.328 e. The number of halogens is 1. The summed E-state index contributed by atoms with van der Waals surface area (Å²) in [6.07, 6.45) is 0. The Hall–Kier alpha value is -2.46. The van der Waals surface area contributed by atoms with Crippen molar-refractivity contribution in [1.29, 1.82) is 0 Å². The highest BCUT2D eigenvalue weighted by molar-refractivity contribution is 7.71. The number of nitrogens with one attached hydrogen (secondary N) is 1. The molecule has 0 saturated heterocycles. The number of hydrogen-bond acceptors (Lipinski definition) is 1. The highest BCUT2D eigenvalue weighted by Crippen LogP contribution is 2.27. The summed E-state index contributed by atoms with van der Waals surface area (Å²) in [5.41, 5.74) is 2.14. The number of nitrogens with zero attached hydrogens (tertiary/aromatic N) is 1. The van der Waals surface area contributed by atoms with E-state index in [2.05, 4.69) is 17.1 Å². The Morgan fingerprint density at radius 1 is 0.905 bits per heavy atom. The van der Waals surface area contributed by atoms with Crippen molar-refractivity contribution in [3.8, 4) is 5.69 Å². The number of rotatable bonds is 1. The summed E-state index contributed by atoms with van der Waals surface area (Å²) in [6.45, 7) is 0. The van der Waals surface area contributed by atoms with Crippen LogP contribution in [-0.4, -0.2) is 9.55 Å². The summed E-state index contributed by atoms with van der Waals surface area (Å²) < 4.78 is 16.3. The Kier molecular flexibility index (Phi) is 2.65. The van der Waals surface area contributed by atoms with Gasteiger partial charge in [0, 0.05) is 5.39 Å². The largest absolute Gasteiger partial charge is 0.328 e. The highest BCUT2D eigenvalue weighted by Gasteiger charge is 2.11. The van der Waals surface area contributed by atoms with Crippen molar-refractivity contribution in [2.75, 3.05) is 0 Å². The van der Waals surface area contributed by atoms with E-state index in [9.17, 15) is 4.39 Å². The summed E-state index contributed by atoms with van der Waals surface area (Å²) in [4.78, 5) is 2.96. The lowest BCUT2D eigenvalue weighted by atomic mass is 10.1. The Balaban J connectivity index is 2.17. The van der Waals surface area contributed by atoms with Crippen LogP contribution in [0, 0.1) is 10.6 Å². The molecule has 3 aromatic carbocycles. The van der Waals surface area contributed by atoms with Gasteiger partial charge in [0.1, 0.15) is 11.3 Å². The molecule has 0 bridgehead atoms. The Morgan fingerprint density at radius 2 is 1.67 bits per heavy atom. The summed E-state index contributed by atoms with van der Waals surface area (Å²) in [7, 11) is 0. The molecule has 0 atom stereocenters. The van der Waals surface area contributed by atoms with Crippen LogP contribution in [0.25, 0.3) is 27.5 Å². The molecule has 0 amide bonds. The second-order valence-electron chi connectivity index (χ2n) is 4.90. The number of aromatic amines is 1. The average molecular weight is 294 g/mol. The fourth-order valence-corrected chi connectivity index (χ4v) is 3.04. The van der Waals surface area contributed by atoms with Gasteiger partial charge in [-0.25, -0.2) is 4.39 Å². The molecule has 0 spiro atoms. The van der Waals surface area contributed by atoms with Crippen molar-refractivity contribution in [2.45, 2.75) is 0 Å². The predicted molar refractivity (Wildman–Crippen MR) is 85.9 cm³/mol. The van der Waals surface area contributed by atoms with Gasteiger partial charge in [0.2, 0.25) is 0 Å². The minimum absolute atomic E-state index is 0.294. The van der Waals surface area contributed by atoms with Crippen LogP contribution < -0.4 is 0 Å². The molecule has 1 heterocycles. The molecule has 21 heavy (non-hydrogen) atoms. The van der Waals surface area contributed by atoms with E-state index < -0.39 is 0 Å². The van der Waals surface area contributed by atoms with E-state index in [1.54, 1.807) is 6.07 Å². The fourth-order valence-electron chi connectivity index (χ4n) is 2.74. The quantitative estimate of drug-likeness (QED) is 0.491. The Bertz CT molecular complexity index is 1020. The molecule has 0 saturated carbocycles. The van der Waals surface area contributed by atoms with Crippen molar-refractivity contribution in [3.63, 3.8) is 0 Å². The number of benzene rings is 3. The molecule has 0 fully saturated rings. The number of para-hydroxylation sites is 1. The number of hydrogen-bond donors (Lipinski definition) is 1. The van der Waals surface area contributed by atoms with Gasteiger partial charge in [-0.1, -0.05) is 42.5 Å². The summed E-state index contributed by atoms with van der Waals surface area (Å²) >= 11 is 5.40. The van der Waals surface area contributed by atoms with Crippen LogP contribution in [0.4, 0.5) is 4.39 Å². The molecular formula is C17H11FN2S. The molecule has 4 rings (SSSR count). The van der Waals surface area contributed by atoms with Gasteiger partial charge in [-0.2, -0.15) is 0 Å². The lowest BCUT2D eigenvalue weighted by Crippen LogP contribution is -1.95. The summed E-state index contributed by atoms with van der Waals surface area (Å²) in [5.74, 6) is -0.294. The van der Waals surface area contributed by atoms with Gasteiger partial charge < -0.3 is 4.98 Å². The maximum absolute atomic E-state index is 13.9. The van der Waals surface area contributed by atoms with Crippen LogP contribution in [0.1, 0.15) is 0 Å². The van der Waals surface area contributed by atoms with Crippen LogP contribution in [0.2, 0.25) is 0 Å². The van der Waals surface area contributed by atoms with Gasteiger partial charge in [0.25, 0.3) is 0 Å². The van der Waals surface area contributed by atoms with Crippen LogP contribution in [0.15, 0.2) is 60.7 Å². The van der Waals surface area contributed by atoms with Gasteiger partial charge in [-0.05, 0) is 35.8 Å². The number of aromatic nitrogens is 2. The van der Waals surface area contributed by atoms with E-state index >= 15 is 0 Å². The van der Waals surface area contributed by atoms with Gasteiger partial charge >= 0.3 is 0 Å². The third-order valence-corrected chi connectivity index (χ3v) is 3.96. The molecule has 0 unspecified atom stereocenters. The van der Waals surface area contributed by atoms with Crippen LogP contribution in [0.3, 0.4) is 0 Å². The molecule has 0 radical (unpaired) electrons. The maximum Gasteiger partial charge on any atom is 0.182 e. The third-order valence-electron chi connectivity index (χ3n) is 3.68. The third kappa shape index (κ3) is 1.80. The lowest BCUT2D eigenvalue weighted by molar-refractivity contribution is 0.637. The lowest BCUT2D eigenvalue weighted by Gasteiger charge is -2.08. The fraction of sp³-hybridized carbons (Fsp3) is 0. The van der Waals surface area contributed by atoms with Crippen LogP contribution in [0.5, 0.6) is 0 Å². The normalized spacial score (nSPS) is 11.3. The molecular weight excluding hydrogens is 283 g/mol. The first-order valence-corrected chi connectivity index (χ1v) is 7.04. The average Bonchev–Trinajstić information content (AvgIpc) is 2.84. The van der Waals surface area contributed by atoms with E-state index in [1.807, 2.05) is 41.0 Å².